The quantitative estimate of drug-likeness (QED) is 0.155. The zero-order valence-electron chi connectivity index (χ0n) is 27.8. The van der Waals surface area contributed by atoms with E-state index in [1.807, 2.05) is 31.2 Å². The molecule has 2 N–H and O–H groups in total. The third-order valence-electron chi connectivity index (χ3n) is 8.00. The number of rotatable bonds is 13. The van der Waals surface area contributed by atoms with E-state index >= 15 is 0 Å². The highest BCUT2D eigenvalue weighted by molar-refractivity contribution is 5.83. The minimum atomic E-state index is -1.62. The van der Waals surface area contributed by atoms with Crippen LogP contribution in [0.5, 0.6) is 17.2 Å². The second-order valence-electron chi connectivity index (χ2n) is 13.6. The fourth-order valence-corrected chi connectivity index (χ4v) is 4.99. The molecule has 0 saturated carbocycles. The molecule has 0 heterocycles. The van der Waals surface area contributed by atoms with E-state index in [-0.39, 0.29) is 16.6 Å². The first-order valence-electron chi connectivity index (χ1n) is 15.8. The first-order chi connectivity index (χ1) is 20.2. The van der Waals surface area contributed by atoms with Crippen LogP contribution in [0.1, 0.15) is 116 Å². The molecule has 3 aromatic carbocycles. The van der Waals surface area contributed by atoms with Crippen molar-refractivity contribution in [3.8, 4) is 17.2 Å². The van der Waals surface area contributed by atoms with Crippen molar-refractivity contribution >= 4 is 6.21 Å². The molecule has 0 fully saturated rings. The standard InChI is InChI=1S/C38H53NO4/c1-10-12-22-42-34-20-18-29(36(4,5)6)24-31(34)38(41,27(3)39-26-28-16-14-15-17-33(28)40)32-25-30(37(7,8)9)19-21-35(32)43-23-13-11-2/h14-21,24-27,40-41H,10-13,22-23H2,1-9H3/t27-/m0/s1. The Morgan fingerprint density at radius 1 is 0.744 bits per heavy atom. The fraction of sp³-hybridized carbons (Fsp3) is 0.500. The maximum atomic E-state index is 13.3. The first kappa shape index (κ1) is 34.2. The number of phenolic OH excluding ortho intramolecular Hbond substituents is 1. The van der Waals surface area contributed by atoms with Gasteiger partial charge in [-0.25, -0.2) is 0 Å². The number of phenols is 1. The van der Waals surface area contributed by atoms with Gasteiger partial charge in [0.25, 0.3) is 0 Å². The Bertz CT molecular complexity index is 1290. The van der Waals surface area contributed by atoms with E-state index < -0.39 is 11.6 Å². The summed E-state index contributed by atoms with van der Waals surface area (Å²) in [6.07, 6.45) is 5.46. The van der Waals surface area contributed by atoms with Crippen molar-refractivity contribution in [2.75, 3.05) is 13.2 Å². The van der Waals surface area contributed by atoms with Crippen LogP contribution in [0, 0.1) is 0 Å². The monoisotopic (exact) mass is 587 g/mol. The van der Waals surface area contributed by atoms with Crippen LogP contribution in [0.3, 0.4) is 0 Å². The summed E-state index contributed by atoms with van der Waals surface area (Å²) >= 11 is 0. The van der Waals surface area contributed by atoms with Crippen LogP contribution < -0.4 is 9.47 Å². The zero-order valence-corrected chi connectivity index (χ0v) is 27.8. The smallest absolute Gasteiger partial charge is 0.144 e. The molecule has 3 aromatic rings. The van der Waals surface area contributed by atoms with Gasteiger partial charge >= 0.3 is 0 Å². The Morgan fingerprint density at radius 2 is 1.21 bits per heavy atom. The summed E-state index contributed by atoms with van der Waals surface area (Å²) in [5.41, 5.74) is 2.13. The van der Waals surface area contributed by atoms with Crippen molar-refractivity contribution in [3.63, 3.8) is 0 Å². The molecule has 0 aliphatic rings. The third-order valence-corrected chi connectivity index (χ3v) is 8.00. The van der Waals surface area contributed by atoms with Gasteiger partial charge in [-0.2, -0.15) is 0 Å². The van der Waals surface area contributed by atoms with Gasteiger partial charge in [0.2, 0.25) is 0 Å². The van der Waals surface area contributed by atoms with Crippen LogP contribution in [0.2, 0.25) is 0 Å². The Morgan fingerprint density at radius 3 is 1.63 bits per heavy atom. The molecule has 43 heavy (non-hydrogen) atoms. The van der Waals surface area contributed by atoms with Crippen molar-refractivity contribution in [1.29, 1.82) is 0 Å². The normalized spacial score (nSPS) is 13.3. The summed E-state index contributed by atoms with van der Waals surface area (Å²) < 4.78 is 12.8. The van der Waals surface area contributed by atoms with E-state index in [1.165, 1.54) is 0 Å². The molecular formula is C38H53NO4. The average Bonchev–Trinajstić information content (AvgIpc) is 2.95. The van der Waals surface area contributed by atoms with Crippen LogP contribution >= 0.6 is 0 Å². The number of ether oxygens (including phenoxy) is 2. The van der Waals surface area contributed by atoms with Crippen molar-refractivity contribution in [1.82, 2.24) is 0 Å². The zero-order chi connectivity index (χ0) is 31.8. The minimum Gasteiger partial charge on any atom is -0.507 e. The highest BCUT2D eigenvalue weighted by Gasteiger charge is 2.43. The van der Waals surface area contributed by atoms with E-state index in [0.29, 0.717) is 41.4 Å². The van der Waals surface area contributed by atoms with Gasteiger partial charge in [0, 0.05) is 22.9 Å². The molecule has 0 aliphatic heterocycles. The molecule has 0 unspecified atom stereocenters. The molecule has 0 aliphatic carbocycles. The number of para-hydroxylation sites is 1. The van der Waals surface area contributed by atoms with Crippen LogP contribution in [0.15, 0.2) is 65.7 Å². The van der Waals surface area contributed by atoms with Crippen LogP contribution in [0.4, 0.5) is 0 Å². The van der Waals surface area contributed by atoms with Crippen molar-refractivity contribution in [2.24, 2.45) is 4.99 Å². The maximum absolute atomic E-state index is 13.3. The van der Waals surface area contributed by atoms with Gasteiger partial charge in [-0.3, -0.25) is 4.99 Å². The van der Waals surface area contributed by atoms with E-state index in [0.717, 1.165) is 36.8 Å². The third kappa shape index (κ3) is 8.41. The predicted octanol–water partition coefficient (Wildman–Crippen LogP) is 9.09. The Balaban J connectivity index is 2.37. The van der Waals surface area contributed by atoms with E-state index in [2.05, 4.69) is 79.7 Å². The Labute approximate surface area is 260 Å². The van der Waals surface area contributed by atoms with Crippen LogP contribution in [-0.2, 0) is 16.4 Å². The summed E-state index contributed by atoms with van der Waals surface area (Å²) in [4.78, 5) is 4.89. The van der Waals surface area contributed by atoms with E-state index in [1.54, 1.807) is 18.3 Å². The lowest BCUT2D eigenvalue weighted by atomic mass is 9.75. The van der Waals surface area contributed by atoms with Crippen LogP contribution in [-0.4, -0.2) is 35.7 Å². The van der Waals surface area contributed by atoms with Gasteiger partial charge in [0.05, 0.1) is 19.3 Å². The molecule has 234 valence electrons. The summed E-state index contributed by atoms with van der Waals surface area (Å²) in [7, 11) is 0. The molecular weight excluding hydrogens is 534 g/mol. The van der Waals surface area contributed by atoms with Gasteiger partial charge in [-0.05, 0) is 78.1 Å². The lowest BCUT2D eigenvalue weighted by Crippen LogP contribution is -2.39. The summed E-state index contributed by atoms with van der Waals surface area (Å²) in [5, 5.41) is 23.7. The fourth-order valence-electron chi connectivity index (χ4n) is 4.99. The number of hydrogen-bond acceptors (Lipinski definition) is 5. The summed E-state index contributed by atoms with van der Waals surface area (Å²) in [6.45, 7) is 20.3. The number of nitrogens with zero attached hydrogens (tertiary/aromatic N) is 1. The number of aliphatic hydroxyl groups is 1. The van der Waals surface area contributed by atoms with Gasteiger partial charge in [0.1, 0.15) is 22.8 Å². The molecule has 0 aromatic heterocycles. The Hall–Kier alpha value is -3.31. The van der Waals surface area contributed by atoms with E-state index in [4.69, 9.17) is 14.5 Å². The largest absolute Gasteiger partial charge is 0.507 e. The van der Waals surface area contributed by atoms with Gasteiger partial charge in [-0.15, -0.1) is 0 Å². The second kappa shape index (κ2) is 14.4. The SMILES string of the molecule is CCCCOc1ccc(C(C)(C)C)cc1C(O)(c1cc(C(C)(C)C)ccc1OCCCC)[C@H](C)N=Cc1ccccc1O. The van der Waals surface area contributed by atoms with Gasteiger partial charge < -0.3 is 19.7 Å². The van der Waals surface area contributed by atoms with Gasteiger partial charge in [0.15, 0.2) is 0 Å². The maximum Gasteiger partial charge on any atom is 0.144 e. The molecule has 0 amide bonds. The lowest BCUT2D eigenvalue weighted by Gasteiger charge is -2.37. The lowest BCUT2D eigenvalue weighted by molar-refractivity contribution is 0.0519. The molecule has 3 rings (SSSR count). The van der Waals surface area contributed by atoms with Gasteiger partial charge in [-0.1, -0.05) is 92.5 Å². The molecule has 1 atom stereocenters. The highest BCUT2D eigenvalue weighted by Crippen LogP contribution is 2.46. The van der Waals surface area contributed by atoms with Crippen molar-refractivity contribution in [3.05, 3.63) is 88.5 Å². The summed E-state index contributed by atoms with van der Waals surface area (Å²) in [5.74, 6) is 1.40. The summed E-state index contributed by atoms with van der Waals surface area (Å²) in [6, 6.07) is 18.7. The molecule has 5 nitrogen and oxygen atoms in total. The number of unbranched alkanes of at least 4 members (excludes halogenated alkanes) is 2. The van der Waals surface area contributed by atoms with E-state index in [9.17, 15) is 10.2 Å². The second-order valence-corrected chi connectivity index (χ2v) is 13.6. The predicted molar refractivity (Wildman–Crippen MR) is 179 cm³/mol. The van der Waals surface area contributed by atoms with Crippen molar-refractivity contribution < 1.29 is 19.7 Å². The molecule has 0 saturated heterocycles. The number of benzene rings is 3. The Kier molecular flexibility index (Phi) is 11.5. The van der Waals surface area contributed by atoms with Crippen LogP contribution in [0.25, 0.3) is 0 Å². The molecule has 0 radical (unpaired) electrons. The molecule has 0 bridgehead atoms. The molecule has 0 spiro atoms. The average molecular weight is 588 g/mol. The minimum absolute atomic E-state index is 0.138. The molecule has 5 heteroatoms. The number of aliphatic imine (C=N–C) groups is 1. The highest BCUT2D eigenvalue weighted by atomic mass is 16.5. The first-order valence-corrected chi connectivity index (χ1v) is 15.8. The number of hydrogen-bond donors (Lipinski definition) is 2. The number of aromatic hydroxyl groups is 1. The van der Waals surface area contributed by atoms with Crippen molar-refractivity contribution in [2.45, 2.75) is 110 Å². The topological polar surface area (TPSA) is 71.3 Å².